The summed E-state index contributed by atoms with van der Waals surface area (Å²) in [5.74, 6) is 0.213. The van der Waals surface area contributed by atoms with Crippen LogP contribution < -0.4 is 5.32 Å². The fourth-order valence-electron chi connectivity index (χ4n) is 1.37. The van der Waals surface area contributed by atoms with Gasteiger partial charge in [0.25, 0.3) is 0 Å². The molecule has 3 heteroatoms. The average molecular weight is 156 g/mol. The topological polar surface area (TPSA) is 32.3 Å². The van der Waals surface area contributed by atoms with Crippen molar-refractivity contribution in [3.63, 3.8) is 0 Å². The summed E-state index contributed by atoms with van der Waals surface area (Å²) in [5, 5.41) is 3.21. The van der Waals surface area contributed by atoms with E-state index in [4.69, 9.17) is 0 Å². The third kappa shape index (κ3) is 2.19. The van der Waals surface area contributed by atoms with E-state index < -0.39 is 0 Å². The molecule has 11 heavy (non-hydrogen) atoms. The third-order valence-electron chi connectivity index (χ3n) is 2.05. The van der Waals surface area contributed by atoms with Crippen molar-refractivity contribution in [3.05, 3.63) is 0 Å². The summed E-state index contributed by atoms with van der Waals surface area (Å²) in [4.78, 5) is 13.0. The smallest absolute Gasteiger partial charge is 0.239 e. The maximum Gasteiger partial charge on any atom is 0.239 e. The molecule has 3 nitrogen and oxygen atoms in total. The number of nitrogens with zero attached hydrogens (tertiary/aromatic N) is 1. The van der Waals surface area contributed by atoms with E-state index >= 15 is 0 Å². The molecule has 0 aromatic heterocycles. The van der Waals surface area contributed by atoms with Gasteiger partial charge in [0.1, 0.15) is 0 Å². The van der Waals surface area contributed by atoms with Crippen LogP contribution in [0.1, 0.15) is 19.3 Å². The average Bonchev–Trinajstić information content (AvgIpc) is 2.05. The van der Waals surface area contributed by atoms with Crippen LogP contribution >= 0.6 is 0 Å². The lowest BCUT2D eigenvalue weighted by Gasteiger charge is -2.25. The lowest BCUT2D eigenvalue weighted by molar-refractivity contribution is -0.131. The number of carbonyl (C=O) groups excluding carboxylic acids is 1. The zero-order valence-electron chi connectivity index (χ0n) is 7.26. The predicted molar refractivity (Wildman–Crippen MR) is 44.3 cm³/mol. The largest absolute Gasteiger partial charge is 0.347 e. The number of hydrogen-bond donors (Lipinski definition) is 1. The molecular weight excluding hydrogens is 140 g/mol. The van der Waals surface area contributed by atoms with E-state index in [-0.39, 0.29) is 11.9 Å². The Morgan fingerprint density at radius 3 is 2.64 bits per heavy atom. The van der Waals surface area contributed by atoms with Gasteiger partial charge in [0.15, 0.2) is 0 Å². The zero-order chi connectivity index (χ0) is 8.27. The second-order valence-electron chi connectivity index (χ2n) is 3.24. The molecule has 0 bridgehead atoms. The first-order valence-electron chi connectivity index (χ1n) is 4.16. The van der Waals surface area contributed by atoms with E-state index in [1.807, 2.05) is 0 Å². The van der Waals surface area contributed by atoms with Crippen molar-refractivity contribution >= 4 is 5.91 Å². The van der Waals surface area contributed by atoms with Gasteiger partial charge >= 0.3 is 0 Å². The second-order valence-corrected chi connectivity index (χ2v) is 3.24. The van der Waals surface area contributed by atoms with Gasteiger partial charge in [-0.1, -0.05) is 6.42 Å². The standard InChI is InChI=1S/C8H16N2O/c1-10(2)8(11)7-5-3-4-6-9-7/h7,9H,3-6H2,1-2H3/t7-/m0/s1. The first kappa shape index (κ1) is 8.53. The normalized spacial score (nSPS) is 24.7. The van der Waals surface area contributed by atoms with E-state index in [9.17, 15) is 4.79 Å². The van der Waals surface area contributed by atoms with Crippen molar-refractivity contribution in [2.24, 2.45) is 0 Å². The van der Waals surface area contributed by atoms with Crippen LogP contribution in [0.25, 0.3) is 0 Å². The fourth-order valence-corrected chi connectivity index (χ4v) is 1.37. The Morgan fingerprint density at radius 1 is 1.45 bits per heavy atom. The van der Waals surface area contributed by atoms with Crippen molar-refractivity contribution in [1.82, 2.24) is 10.2 Å². The maximum atomic E-state index is 11.4. The lowest BCUT2D eigenvalue weighted by atomic mass is 10.0. The molecule has 1 aliphatic rings. The Labute approximate surface area is 67.8 Å². The second kappa shape index (κ2) is 3.72. The molecule has 0 saturated carbocycles. The number of likely N-dealkylation sites (N-methyl/N-ethyl adjacent to an activating group) is 1. The van der Waals surface area contributed by atoms with Crippen LogP contribution in [-0.2, 0) is 4.79 Å². The van der Waals surface area contributed by atoms with Crippen LogP contribution in [-0.4, -0.2) is 37.5 Å². The van der Waals surface area contributed by atoms with E-state index in [2.05, 4.69) is 5.32 Å². The molecule has 1 rings (SSSR count). The van der Waals surface area contributed by atoms with Crippen LogP contribution in [0.15, 0.2) is 0 Å². The Kier molecular flexibility index (Phi) is 2.88. The highest BCUT2D eigenvalue weighted by Gasteiger charge is 2.21. The Hall–Kier alpha value is -0.570. The molecule has 1 saturated heterocycles. The van der Waals surface area contributed by atoms with Gasteiger partial charge in [-0.15, -0.1) is 0 Å². The molecule has 1 heterocycles. The monoisotopic (exact) mass is 156 g/mol. The first-order chi connectivity index (χ1) is 5.22. The molecule has 0 unspecified atom stereocenters. The van der Waals surface area contributed by atoms with Crippen molar-refractivity contribution in [3.8, 4) is 0 Å². The molecule has 0 spiro atoms. The van der Waals surface area contributed by atoms with E-state index in [1.165, 1.54) is 12.8 Å². The zero-order valence-corrected chi connectivity index (χ0v) is 7.26. The number of amides is 1. The van der Waals surface area contributed by atoms with Crippen LogP contribution in [0.4, 0.5) is 0 Å². The quantitative estimate of drug-likeness (QED) is 0.589. The molecule has 1 amide bonds. The minimum atomic E-state index is 0.0822. The fraction of sp³-hybridized carbons (Fsp3) is 0.875. The van der Waals surface area contributed by atoms with Gasteiger partial charge in [0, 0.05) is 14.1 Å². The van der Waals surface area contributed by atoms with Gasteiger partial charge < -0.3 is 10.2 Å². The summed E-state index contributed by atoms with van der Waals surface area (Å²) in [7, 11) is 3.61. The first-order valence-corrected chi connectivity index (χ1v) is 4.16. The van der Waals surface area contributed by atoms with Gasteiger partial charge in [-0.3, -0.25) is 4.79 Å². The van der Waals surface area contributed by atoms with E-state index in [0.29, 0.717) is 0 Å². The van der Waals surface area contributed by atoms with Crippen molar-refractivity contribution in [2.45, 2.75) is 25.3 Å². The predicted octanol–water partition coefficient (Wildman–Crippen LogP) is 0.217. The summed E-state index contributed by atoms with van der Waals surface area (Å²) in [6.07, 6.45) is 3.38. The molecule has 1 fully saturated rings. The highest BCUT2D eigenvalue weighted by molar-refractivity contribution is 5.81. The molecule has 0 aromatic rings. The van der Waals surface area contributed by atoms with Crippen LogP contribution in [0.2, 0.25) is 0 Å². The summed E-state index contributed by atoms with van der Waals surface area (Å²) in [5.41, 5.74) is 0. The Balaban J connectivity index is 2.39. The number of carbonyl (C=O) groups is 1. The van der Waals surface area contributed by atoms with E-state index in [1.54, 1.807) is 19.0 Å². The Bertz CT molecular complexity index is 139. The van der Waals surface area contributed by atoms with Crippen LogP contribution in [0.3, 0.4) is 0 Å². The lowest BCUT2D eigenvalue weighted by Crippen LogP contribution is -2.45. The third-order valence-corrected chi connectivity index (χ3v) is 2.05. The maximum absolute atomic E-state index is 11.4. The SMILES string of the molecule is CN(C)C(=O)[C@@H]1CCCCN1. The Morgan fingerprint density at radius 2 is 2.18 bits per heavy atom. The van der Waals surface area contributed by atoms with Gasteiger partial charge in [-0.2, -0.15) is 0 Å². The highest BCUT2D eigenvalue weighted by atomic mass is 16.2. The summed E-state index contributed by atoms with van der Waals surface area (Å²) < 4.78 is 0. The van der Waals surface area contributed by atoms with Crippen molar-refractivity contribution < 1.29 is 4.79 Å². The van der Waals surface area contributed by atoms with Gasteiger partial charge in [0.05, 0.1) is 6.04 Å². The summed E-state index contributed by atoms with van der Waals surface area (Å²) in [6.45, 7) is 0.990. The minimum Gasteiger partial charge on any atom is -0.347 e. The number of piperidine rings is 1. The van der Waals surface area contributed by atoms with Crippen LogP contribution in [0.5, 0.6) is 0 Å². The molecular formula is C8H16N2O. The minimum absolute atomic E-state index is 0.0822. The van der Waals surface area contributed by atoms with Crippen molar-refractivity contribution in [1.29, 1.82) is 0 Å². The van der Waals surface area contributed by atoms with Crippen LogP contribution in [0, 0.1) is 0 Å². The molecule has 1 aliphatic heterocycles. The van der Waals surface area contributed by atoms with Crippen molar-refractivity contribution in [2.75, 3.05) is 20.6 Å². The van der Waals surface area contributed by atoms with Gasteiger partial charge in [-0.05, 0) is 19.4 Å². The highest BCUT2D eigenvalue weighted by Crippen LogP contribution is 2.07. The number of nitrogens with one attached hydrogen (secondary N) is 1. The van der Waals surface area contributed by atoms with Gasteiger partial charge in [-0.25, -0.2) is 0 Å². The molecule has 0 aliphatic carbocycles. The summed E-state index contributed by atoms with van der Waals surface area (Å²) >= 11 is 0. The van der Waals surface area contributed by atoms with Gasteiger partial charge in [0.2, 0.25) is 5.91 Å². The summed E-state index contributed by atoms with van der Waals surface area (Å²) in [6, 6.07) is 0.0822. The van der Waals surface area contributed by atoms with E-state index in [0.717, 1.165) is 13.0 Å². The molecule has 1 N–H and O–H groups in total. The molecule has 64 valence electrons. The molecule has 0 aromatic carbocycles. The number of hydrogen-bond acceptors (Lipinski definition) is 2. The molecule has 1 atom stereocenters. The number of rotatable bonds is 1. The molecule has 0 radical (unpaired) electrons.